The number of aryl methyl sites for hydroxylation is 1. The highest BCUT2D eigenvalue weighted by Gasteiger charge is 2.05. The molecule has 14 heavy (non-hydrogen) atoms. The lowest BCUT2D eigenvalue weighted by molar-refractivity contribution is -0.697. The van der Waals surface area contributed by atoms with E-state index in [0.717, 1.165) is 13.0 Å². The summed E-state index contributed by atoms with van der Waals surface area (Å²) in [5, 5.41) is 0. The van der Waals surface area contributed by atoms with Crippen molar-refractivity contribution in [3.8, 4) is 0 Å². The van der Waals surface area contributed by atoms with Crippen molar-refractivity contribution in [2.75, 3.05) is 5.75 Å². The summed E-state index contributed by atoms with van der Waals surface area (Å²) < 4.78 is 23.2. The van der Waals surface area contributed by atoms with Crippen LogP contribution in [0.1, 0.15) is 12.8 Å². The van der Waals surface area contributed by atoms with Gasteiger partial charge in [0, 0.05) is 29.2 Å². The zero-order valence-corrected chi connectivity index (χ0v) is 9.34. The third kappa shape index (κ3) is 5.19. The molecule has 0 fully saturated rings. The van der Waals surface area contributed by atoms with Gasteiger partial charge in [-0.25, -0.2) is 13.0 Å². The highest BCUT2D eigenvalue weighted by Crippen LogP contribution is 2.01. The third-order valence-electron chi connectivity index (χ3n) is 1.83. The summed E-state index contributed by atoms with van der Waals surface area (Å²) in [5.74, 6) is 0.0575. The first kappa shape index (κ1) is 11.5. The molecule has 0 N–H and O–H groups in total. The van der Waals surface area contributed by atoms with Crippen LogP contribution in [0.2, 0.25) is 0 Å². The lowest BCUT2D eigenvalue weighted by Crippen LogP contribution is -2.32. The minimum absolute atomic E-state index is 0.0575. The van der Waals surface area contributed by atoms with Crippen LogP contribution in [0.4, 0.5) is 0 Å². The molecule has 1 heterocycles. The van der Waals surface area contributed by atoms with Crippen molar-refractivity contribution in [1.29, 1.82) is 0 Å². The van der Waals surface area contributed by atoms with E-state index in [-0.39, 0.29) is 5.75 Å². The molecule has 5 heteroatoms. The first-order valence-electron chi connectivity index (χ1n) is 4.44. The zero-order valence-electron chi connectivity index (χ0n) is 7.77. The first-order valence-corrected chi connectivity index (χ1v) is 6.92. The minimum atomic E-state index is -3.32. The molecule has 0 amide bonds. The SMILES string of the molecule is O=S(=O)(Cl)CCCC[n+]1ccccc1. The molecule has 1 aromatic rings. The fourth-order valence-electron chi connectivity index (χ4n) is 1.15. The van der Waals surface area contributed by atoms with Crippen molar-refractivity contribution in [2.45, 2.75) is 19.4 Å². The monoisotopic (exact) mass is 234 g/mol. The number of unbranched alkanes of at least 4 members (excludes halogenated alkanes) is 1. The van der Waals surface area contributed by atoms with Gasteiger partial charge < -0.3 is 0 Å². The number of rotatable bonds is 5. The van der Waals surface area contributed by atoms with Gasteiger partial charge >= 0.3 is 0 Å². The Kier molecular flexibility index (Phi) is 4.35. The summed E-state index contributed by atoms with van der Waals surface area (Å²) in [6, 6.07) is 5.83. The second-order valence-electron chi connectivity index (χ2n) is 3.06. The predicted octanol–water partition coefficient (Wildman–Crippen LogP) is 1.32. The van der Waals surface area contributed by atoms with E-state index in [1.54, 1.807) is 0 Å². The zero-order chi connectivity index (χ0) is 10.4. The maximum atomic E-state index is 10.6. The lowest BCUT2D eigenvalue weighted by atomic mass is 10.3. The van der Waals surface area contributed by atoms with Gasteiger partial charge in [-0.05, 0) is 6.42 Å². The van der Waals surface area contributed by atoms with Crippen LogP contribution in [0, 0.1) is 0 Å². The lowest BCUT2D eigenvalue weighted by Gasteiger charge is -1.95. The first-order chi connectivity index (χ1) is 6.58. The van der Waals surface area contributed by atoms with Gasteiger partial charge in [0.1, 0.15) is 6.54 Å². The number of halogens is 1. The Balaban J connectivity index is 2.23. The molecule has 78 valence electrons. The molecular formula is C9H13ClNO2S+. The van der Waals surface area contributed by atoms with E-state index in [1.165, 1.54) is 0 Å². The summed E-state index contributed by atoms with van der Waals surface area (Å²) in [6.07, 6.45) is 5.33. The van der Waals surface area contributed by atoms with Gasteiger partial charge in [0.25, 0.3) is 0 Å². The Bertz CT molecular complexity index is 364. The number of hydrogen-bond donors (Lipinski definition) is 0. The van der Waals surface area contributed by atoms with Gasteiger partial charge in [-0.2, -0.15) is 0 Å². The van der Waals surface area contributed by atoms with Gasteiger partial charge in [-0.1, -0.05) is 6.07 Å². The number of pyridine rings is 1. The number of nitrogens with zero attached hydrogens (tertiary/aromatic N) is 1. The Morgan fingerprint density at radius 2 is 1.71 bits per heavy atom. The second kappa shape index (κ2) is 5.32. The molecule has 0 bridgehead atoms. The van der Waals surface area contributed by atoms with E-state index < -0.39 is 9.05 Å². The molecule has 0 atom stereocenters. The number of aromatic nitrogens is 1. The van der Waals surface area contributed by atoms with E-state index in [0.29, 0.717) is 6.42 Å². The van der Waals surface area contributed by atoms with Crippen molar-refractivity contribution in [1.82, 2.24) is 0 Å². The van der Waals surface area contributed by atoms with Crippen LogP contribution in [-0.2, 0) is 15.6 Å². The van der Waals surface area contributed by atoms with Crippen molar-refractivity contribution in [3.05, 3.63) is 30.6 Å². The van der Waals surface area contributed by atoms with Crippen LogP contribution in [0.3, 0.4) is 0 Å². The van der Waals surface area contributed by atoms with Crippen molar-refractivity contribution in [3.63, 3.8) is 0 Å². The third-order valence-corrected chi connectivity index (χ3v) is 3.07. The molecule has 0 spiro atoms. The molecule has 0 aliphatic rings. The Morgan fingerprint density at radius 1 is 1.07 bits per heavy atom. The van der Waals surface area contributed by atoms with Crippen molar-refractivity contribution < 1.29 is 13.0 Å². The normalized spacial score (nSPS) is 11.5. The van der Waals surface area contributed by atoms with E-state index in [2.05, 4.69) is 0 Å². The van der Waals surface area contributed by atoms with E-state index in [1.807, 2.05) is 35.2 Å². The predicted molar refractivity (Wildman–Crippen MR) is 55.5 cm³/mol. The van der Waals surface area contributed by atoms with Gasteiger partial charge in [0.2, 0.25) is 9.05 Å². The Labute approximate surface area is 88.8 Å². The molecule has 0 aromatic carbocycles. The summed E-state index contributed by atoms with van der Waals surface area (Å²) in [6.45, 7) is 0.827. The summed E-state index contributed by atoms with van der Waals surface area (Å²) >= 11 is 0. The fourth-order valence-corrected chi connectivity index (χ4v) is 2.03. The van der Waals surface area contributed by atoms with Crippen LogP contribution in [0.5, 0.6) is 0 Å². The molecule has 1 aromatic heterocycles. The highest BCUT2D eigenvalue weighted by atomic mass is 35.7. The summed E-state index contributed by atoms with van der Waals surface area (Å²) in [7, 11) is 1.76. The van der Waals surface area contributed by atoms with Gasteiger partial charge in [0.15, 0.2) is 12.4 Å². The topological polar surface area (TPSA) is 38.0 Å². The maximum absolute atomic E-state index is 10.6. The van der Waals surface area contributed by atoms with E-state index >= 15 is 0 Å². The van der Waals surface area contributed by atoms with Gasteiger partial charge in [-0.15, -0.1) is 0 Å². The fraction of sp³-hybridized carbons (Fsp3) is 0.444. The average molecular weight is 235 g/mol. The largest absolute Gasteiger partial charge is 0.232 e. The molecule has 0 radical (unpaired) electrons. The van der Waals surface area contributed by atoms with Crippen LogP contribution in [0.25, 0.3) is 0 Å². The molecular weight excluding hydrogens is 222 g/mol. The van der Waals surface area contributed by atoms with Crippen LogP contribution < -0.4 is 4.57 Å². The van der Waals surface area contributed by atoms with Crippen LogP contribution >= 0.6 is 10.7 Å². The van der Waals surface area contributed by atoms with Crippen molar-refractivity contribution >= 4 is 19.7 Å². The average Bonchev–Trinajstić information content (AvgIpc) is 2.13. The van der Waals surface area contributed by atoms with Gasteiger partial charge in [0.05, 0.1) is 5.75 Å². The van der Waals surface area contributed by atoms with Crippen LogP contribution in [0.15, 0.2) is 30.6 Å². The minimum Gasteiger partial charge on any atom is -0.212 e. The molecule has 0 aliphatic heterocycles. The molecule has 0 unspecified atom stereocenters. The van der Waals surface area contributed by atoms with Crippen LogP contribution in [-0.4, -0.2) is 14.2 Å². The molecule has 0 saturated heterocycles. The van der Waals surface area contributed by atoms with E-state index in [4.69, 9.17) is 10.7 Å². The van der Waals surface area contributed by atoms with E-state index in [9.17, 15) is 8.42 Å². The smallest absolute Gasteiger partial charge is 0.212 e. The Morgan fingerprint density at radius 3 is 2.29 bits per heavy atom. The Hall–Kier alpha value is -0.610. The van der Waals surface area contributed by atoms with Gasteiger partial charge in [-0.3, -0.25) is 0 Å². The second-order valence-corrected chi connectivity index (χ2v) is 5.96. The van der Waals surface area contributed by atoms with Crippen molar-refractivity contribution in [2.24, 2.45) is 0 Å². The molecule has 1 rings (SSSR count). The molecule has 0 aliphatic carbocycles. The maximum Gasteiger partial charge on any atom is 0.232 e. The standard InChI is InChI=1S/C9H13ClNO2S/c10-14(12,13)9-5-4-8-11-6-2-1-3-7-11/h1-3,6-7H,4-5,8-9H2/q+1. The summed E-state index contributed by atoms with van der Waals surface area (Å²) in [5.41, 5.74) is 0. The quantitative estimate of drug-likeness (QED) is 0.438. The summed E-state index contributed by atoms with van der Waals surface area (Å²) in [4.78, 5) is 0. The highest BCUT2D eigenvalue weighted by molar-refractivity contribution is 8.13. The number of hydrogen-bond acceptors (Lipinski definition) is 2. The molecule has 3 nitrogen and oxygen atoms in total. The molecule has 0 saturated carbocycles.